The Balaban J connectivity index is 1.57. The molecule has 0 aliphatic carbocycles. The van der Waals surface area contributed by atoms with Gasteiger partial charge in [-0.1, -0.05) is 0 Å². The number of rotatable bonds is 5. The van der Waals surface area contributed by atoms with Crippen LogP contribution in [0.5, 0.6) is 0 Å². The molecule has 0 spiro atoms. The van der Waals surface area contributed by atoms with Gasteiger partial charge in [-0.15, -0.1) is 11.3 Å². The molecule has 8 nitrogen and oxygen atoms in total. The minimum atomic E-state index is -0.0720. The summed E-state index contributed by atoms with van der Waals surface area (Å²) in [5.41, 5.74) is 3.83. The number of amides is 1. The number of carbonyl (C=O) groups is 1. The quantitative estimate of drug-likeness (QED) is 0.578. The van der Waals surface area contributed by atoms with Crippen molar-refractivity contribution in [3.8, 4) is 0 Å². The first-order valence-corrected chi connectivity index (χ1v) is 11.7. The maximum atomic E-state index is 13.2. The standard InChI is InChI=1S/C23H29N7OS/c1-14-13-24-23(32-14)27-21-12-19(25-17(4)26-21)20-8-6-7-11-30(20)22(31)10-9-18-15(2)28-29(5)16(18)3/h9-10,12-13,20H,6-8,11H2,1-5H3,(H,24,25,26,27)/b10-9+/t20-/m0/s1. The highest BCUT2D eigenvalue weighted by Crippen LogP contribution is 2.32. The molecular weight excluding hydrogens is 422 g/mol. The number of nitrogens with zero attached hydrogens (tertiary/aromatic N) is 6. The molecule has 9 heteroatoms. The number of likely N-dealkylation sites (tertiary alicyclic amines) is 1. The van der Waals surface area contributed by atoms with Crippen LogP contribution in [-0.4, -0.2) is 42.1 Å². The molecule has 32 heavy (non-hydrogen) atoms. The molecule has 0 bridgehead atoms. The maximum absolute atomic E-state index is 13.2. The summed E-state index contributed by atoms with van der Waals surface area (Å²) in [6, 6.07) is 1.87. The predicted molar refractivity (Wildman–Crippen MR) is 127 cm³/mol. The van der Waals surface area contributed by atoms with Gasteiger partial charge in [-0.25, -0.2) is 15.0 Å². The van der Waals surface area contributed by atoms with Crippen LogP contribution in [0, 0.1) is 27.7 Å². The van der Waals surface area contributed by atoms with Gasteiger partial charge in [0.1, 0.15) is 11.6 Å². The van der Waals surface area contributed by atoms with Crippen LogP contribution >= 0.6 is 11.3 Å². The van der Waals surface area contributed by atoms with Crippen LogP contribution in [-0.2, 0) is 11.8 Å². The van der Waals surface area contributed by atoms with Crippen molar-refractivity contribution < 1.29 is 4.79 Å². The third kappa shape index (κ3) is 4.72. The summed E-state index contributed by atoms with van der Waals surface area (Å²) in [6.07, 6.45) is 8.33. The van der Waals surface area contributed by atoms with Crippen molar-refractivity contribution in [2.75, 3.05) is 11.9 Å². The Morgan fingerprint density at radius 2 is 2.03 bits per heavy atom. The zero-order valence-corrected chi connectivity index (χ0v) is 20.0. The molecule has 1 N–H and O–H groups in total. The van der Waals surface area contributed by atoms with Crippen LogP contribution in [0.4, 0.5) is 10.9 Å². The van der Waals surface area contributed by atoms with E-state index in [1.54, 1.807) is 17.4 Å². The first-order valence-electron chi connectivity index (χ1n) is 10.9. The van der Waals surface area contributed by atoms with Crippen molar-refractivity contribution in [3.05, 3.63) is 51.7 Å². The summed E-state index contributed by atoms with van der Waals surface area (Å²) >= 11 is 1.58. The fourth-order valence-electron chi connectivity index (χ4n) is 4.13. The van der Waals surface area contributed by atoms with E-state index in [-0.39, 0.29) is 11.9 Å². The number of piperidine rings is 1. The van der Waals surface area contributed by atoms with Gasteiger partial charge in [-0.3, -0.25) is 9.48 Å². The van der Waals surface area contributed by atoms with Gasteiger partial charge in [0.2, 0.25) is 5.91 Å². The molecule has 1 atom stereocenters. The topological polar surface area (TPSA) is 88.8 Å². The van der Waals surface area contributed by atoms with Crippen molar-refractivity contribution in [1.29, 1.82) is 0 Å². The number of hydrogen-bond acceptors (Lipinski definition) is 7. The Kier molecular flexibility index (Phi) is 6.36. The Morgan fingerprint density at radius 1 is 1.22 bits per heavy atom. The maximum Gasteiger partial charge on any atom is 0.247 e. The Bertz CT molecular complexity index is 1160. The van der Waals surface area contributed by atoms with Gasteiger partial charge >= 0.3 is 0 Å². The average Bonchev–Trinajstić information content (AvgIpc) is 3.27. The summed E-state index contributed by atoms with van der Waals surface area (Å²) in [6.45, 7) is 8.59. The van der Waals surface area contributed by atoms with Crippen LogP contribution in [0.25, 0.3) is 6.08 Å². The number of anilines is 2. The van der Waals surface area contributed by atoms with Gasteiger partial charge in [0.15, 0.2) is 5.13 Å². The van der Waals surface area contributed by atoms with Crippen molar-refractivity contribution in [3.63, 3.8) is 0 Å². The highest BCUT2D eigenvalue weighted by atomic mass is 32.1. The Labute approximate surface area is 192 Å². The molecule has 1 amide bonds. The zero-order valence-electron chi connectivity index (χ0n) is 19.2. The molecule has 0 radical (unpaired) electrons. The second kappa shape index (κ2) is 9.20. The Morgan fingerprint density at radius 3 is 2.72 bits per heavy atom. The van der Waals surface area contributed by atoms with Crippen LogP contribution in [0.3, 0.4) is 0 Å². The number of thiazole rings is 1. The van der Waals surface area contributed by atoms with Crippen LogP contribution in [0.15, 0.2) is 18.3 Å². The molecule has 3 aromatic heterocycles. The lowest BCUT2D eigenvalue weighted by Gasteiger charge is -2.35. The molecule has 1 aliphatic heterocycles. The number of aromatic nitrogens is 5. The summed E-state index contributed by atoms with van der Waals surface area (Å²) in [5, 5.41) is 8.51. The van der Waals surface area contributed by atoms with Gasteiger partial charge in [-0.2, -0.15) is 5.10 Å². The van der Waals surface area contributed by atoms with E-state index in [2.05, 4.69) is 25.4 Å². The van der Waals surface area contributed by atoms with Crippen LogP contribution in [0.1, 0.15) is 58.7 Å². The van der Waals surface area contributed by atoms with Gasteiger partial charge in [0.05, 0.1) is 17.4 Å². The fourth-order valence-corrected chi connectivity index (χ4v) is 4.80. The predicted octanol–water partition coefficient (Wildman–Crippen LogP) is 4.41. The van der Waals surface area contributed by atoms with E-state index < -0.39 is 0 Å². The highest BCUT2D eigenvalue weighted by molar-refractivity contribution is 7.15. The monoisotopic (exact) mass is 451 g/mol. The molecule has 0 saturated carbocycles. The van der Waals surface area contributed by atoms with Gasteiger partial charge in [-0.05, 0) is 53.0 Å². The van der Waals surface area contributed by atoms with Gasteiger partial charge in [0, 0.05) is 48.1 Å². The van der Waals surface area contributed by atoms with E-state index in [1.807, 2.05) is 62.7 Å². The lowest BCUT2D eigenvalue weighted by molar-refractivity contribution is -0.129. The molecule has 0 unspecified atom stereocenters. The lowest BCUT2D eigenvalue weighted by Crippen LogP contribution is -2.38. The number of nitrogens with one attached hydrogen (secondary N) is 1. The SMILES string of the molecule is Cc1nc(Nc2ncc(C)s2)cc([C@@H]2CCCCN2C(=O)/C=C/c2c(C)nn(C)c2C)n1. The third-order valence-corrected chi connectivity index (χ3v) is 6.63. The summed E-state index contributed by atoms with van der Waals surface area (Å²) in [7, 11) is 1.91. The van der Waals surface area contributed by atoms with Crippen molar-refractivity contribution >= 4 is 34.3 Å². The summed E-state index contributed by atoms with van der Waals surface area (Å²) < 4.78 is 1.84. The van der Waals surface area contributed by atoms with Crippen molar-refractivity contribution in [2.24, 2.45) is 7.05 Å². The first kappa shape index (κ1) is 22.1. The summed E-state index contributed by atoms with van der Waals surface area (Å²) in [4.78, 5) is 29.8. The van der Waals surface area contributed by atoms with E-state index in [1.165, 1.54) is 0 Å². The Hall–Kier alpha value is -3.07. The third-order valence-electron chi connectivity index (χ3n) is 5.80. The normalized spacial score (nSPS) is 16.7. The summed E-state index contributed by atoms with van der Waals surface area (Å²) in [5.74, 6) is 1.38. The minimum Gasteiger partial charge on any atom is -0.331 e. The van der Waals surface area contributed by atoms with E-state index in [0.717, 1.165) is 58.5 Å². The molecule has 1 saturated heterocycles. The van der Waals surface area contributed by atoms with E-state index in [4.69, 9.17) is 0 Å². The zero-order chi connectivity index (χ0) is 22.8. The van der Waals surface area contributed by atoms with Crippen LogP contribution in [0.2, 0.25) is 0 Å². The molecule has 3 aromatic rings. The van der Waals surface area contributed by atoms with Gasteiger partial charge in [0.25, 0.3) is 0 Å². The fraction of sp³-hybridized carbons (Fsp3) is 0.435. The molecule has 1 aliphatic rings. The first-order chi connectivity index (χ1) is 15.3. The molecule has 0 aromatic carbocycles. The van der Waals surface area contributed by atoms with Gasteiger partial charge < -0.3 is 10.2 Å². The van der Waals surface area contributed by atoms with E-state index in [9.17, 15) is 4.79 Å². The highest BCUT2D eigenvalue weighted by Gasteiger charge is 2.28. The second-order valence-electron chi connectivity index (χ2n) is 8.21. The van der Waals surface area contributed by atoms with E-state index in [0.29, 0.717) is 11.6 Å². The van der Waals surface area contributed by atoms with Crippen molar-refractivity contribution in [1.82, 2.24) is 29.6 Å². The van der Waals surface area contributed by atoms with E-state index >= 15 is 0 Å². The minimum absolute atomic E-state index is 0.00123. The lowest BCUT2D eigenvalue weighted by atomic mass is 9.98. The second-order valence-corrected chi connectivity index (χ2v) is 9.45. The molecular formula is C23H29N7OS. The smallest absolute Gasteiger partial charge is 0.247 e. The average molecular weight is 452 g/mol. The van der Waals surface area contributed by atoms with Crippen LogP contribution < -0.4 is 5.32 Å². The number of carbonyl (C=O) groups excluding carboxylic acids is 1. The number of hydrogen-bond donors (Lipinski definition) is 1. The number of aryl methyl sites for hydroxylation is 4. The van der Waals surface area contributed by atoms with Crippen molar-refractivity contribution in [2.45, 2.75) is 53.0 Å². The molecule has 4 rings (SSSR count). The molecule has 4 heterocycles. The molecule has 168 valence electrons. The largest absolute Gasteiger partial charge is 0.331 e. The molecule has 1 fully saturated rings.